The van der Waals surface area contributed by atoms with Gasteiger partial charge in [-0.25, -0.2) is 0 Å². The highest BCUT2D eigenvalue weighted by molar-refractivity contribution is 9.10. The van der Waals surface area contributed by atoms with Gasteiger partial charge in [0, 0.05) is 17.4 Å². The Balaban J connectivity index is 2.42. The number of alkyl halides is 3. The number of halogens is 4. The molecule has 1 aliphatic rings. The van der Waals surface area contributed by atoms with E-state index in [4.69, 9.17) is 0 Å². The van der Waals surface area contributed by atoms with Crippen LogP contribution in [-0.4, -0.2) is 12.5 Å². The van der Waals surface area contributed by atoms with Gasteiger partial charge in [0.25, 0.3) is 0 Å². The van der Waals surface area contributed by atoms with Crippen LogP contribution >= 0.6 is 15.9 Å². The number of hydrogen-bond acceptors (Lipinski definition) is 1. The summed E-state index contributed by atoms with van der Waals surface area (Å²) in [6.07, 6.45) is -3.32. The molecule has 17 heavy (non-hydrogen) atoms. The first-order valence-electron chi connectivity index (χ1n) is 5.07. The summed E-state index contributed by atoms with van der Waals surface area (Å²) in [5, 5.41) is 0. The summed E-state index contributed by atoms with van der Waals surface area (Å²) in [4.78, 5) is 12.9. The maximum absolute atomic E-state index is 12.6. The molecule has 1 heterocycles. The normalized spacial score (nSPS) is 16.7. The monoisotopic (exact) mass is 307 g/mol. The SMILES string of the molecule is O=C1CCCN1c1cc(C(F)(F)F)ccc1Br. The van der Waals surface area contributed by atoms with E-state index in [1.807, 2.05) is 0 Å². The van der Waals surface area contributed by atoms with Crippen LogP contribution in [0.5, 0.6) is 0 Å². The van der Waals surface area contributed by atoms with Crippen molar-refractivity contribution in [3.63, 3.8) is 0 Å². The van der Waals surface area contributed by atoms with Crippen molar-refractivity contribution in [2.75, 3.05) is 11.4 Å². The number of anilines is 1. The average molecular weight is 308 g/mol. The Morgan fingerprint density at radius 3 is 2.53 bits per heavy atom. The number of amides is 1. The van der Waals surface area contributed by atoms with Gasteiger partial charge in [-0.1, -0.05) is 0 Å². The number of hydrogen-bond donors (Lipinski definition) is 0. The molecular formula is C11H9BrF3NO. The van der Waals surface area contributed by atoms with Gasteiger partial charge in [0.15, 0.2) is 0 Å². The quantitative estimate of drug-likeness (QED) is 0.776. The van der Waals surface area contributed by atoms with Crippen LogP contribution in [0.3, 0.4) is 0 Å². The van der Waals surface area contributed by atoms with E-state index in [1.165, 1.54) is 11.0 Å². The van der Waals surface area contributed by atoms with Crippen LogP contribution in [0.2, 0.25) is 0 Å². The van der Waals surface area contributed by atoms with Gasteiger partial charge >= 0.3 is 6.18 Å². The zero-order chi connectivity index (χ0) is 12.6. The fraction of sp³-hybridized carbons (Fsp3) is 0.364. The summed E-state index contributed by atoms with van der Waals surface area (Å²) in [5.74, 6) is -0.134. The Kier molecular flexibility index (Phi) is 3.16. The van der Waals surface area contributed by atoms with Crippen LogP contribution in [0.4, 0.5) is 18.9 Å². The second kappa shape index (κ2) is 4.33. The predicted octanol–water partition coefficient (Wildman–Crippen LogP) is 3.59. The lowest BCUT2D eigenvalue weighted by Crippen LogP contribution is -2.24. The molecule has 2 nitrogen and oxygen atoms in total. The van der Waals surface area contributed by atoms with Crippen LogP contribution < -0.4 is 4.90 Å². The third-order valence-corrected chi connectivity index (χ3v) is 3.31. The van der Waals surface area contributed by atoms with Crippen molar-refractivity contribution in [3.8, 4) is 0 Å². The molecule has 92 valence electrons. The standard InChI is InChI=1S/C11H9BrF3NO/c12-8-4-3-7(11(13,14)15)6-9(8)16-5-1-2-10(16)17/h3-4,6H,1-2,5H2. The van der Waals surface area contributed by atoms with Crippen LogP contribution in [0.15, 0.2) is 22.7 Å². The minimum Gasteiger partial charge on any atom is -0.311 e. The fourth-order valence-electron chi connectivity index (χ4n) is 1.80. The number of carbonyl (C=O) groups is 1. The third kappa shape index (κ3) is 2.46. The van der Waals surface area contributed by atoms with Gasteiger partial charge in [-0.05, 0) is 40.5 Å². The summed E-state index contributed by atoms with van der Waals surface area (Å²) in [6.45, 7) is 0.471. The first-order chi connectivity index (χ1) is 7.89. The Bertz CT molecular complexity index is 459. The minimum absolute atomic E-state index is 0.134. The molecule has 0 N–H and O–H groups in total. The summed E-state index contributed by atoms with van der Waals surface area (Å²) < 4.78 is 38.2. The molecule has 6 heteroatoms. The van der Waals surface area contributed by atoms with Crippen molar-refractivity contribution in [1.29, 1.82) is 0 Å². The lowest BCUT2D eigenvalue weighted by atomic mass is 10.2. The van der Waals surface area contributed by atoms with E-state index < -0.39 is 11.7 Å². The van der Waals surface area contributed by atoms with Crippen molar-refractivity contribution in [2.24, 2.45) is 0 Å². The van der Waals surface area contributed by atoms with Crippen molar-refractivity contribution >= 4 is 27.5 Å². The second-order valence-corrected chi connectivity index (χ2v) is 4.67. The highest BCUT2D eigenvalue weighted by Crippen LogP contribution is 2.36. The lowest BCUT2D eigenvalue weighted by molar-refractivity contribution is -0.137. The lowest BCUT2D eigenvalue weighted by Gasteiger charge is -2.19. The van der Waals surface area contributed by atoms with Gasteiger partial charge < -0.3 is 4.90 Å². The van der Waals surface area contributed by atoms with Gasteiger partial charge in [-0.2, -0.15) is 13.2 Å². The fourth-order valence-corrected chi connectivity index (χ4v) is 2.26. The van der Waals surface area contributed by atoms with Crippen molar-refractivity contribution in [2.45, 2.75) is 19.0 Å². The molecular weight excluding hydrogens is 299 g/mol. The van der Waals surface area contributed by atoms with E-state index in [-0.39, 0.29) is 5.91 Å². The smallest absolute Gasteiger partial charge is 0.311 e. The Morgan fingerprint density at radius 2 is 2.00 bits per heavy atom. The number of benzene rings is 1. The Hall–Kier alpha value is -1.04. The van der Waals surface area contributed by atoms with Crippen molar-refractivity contribution < 1.29 is 18.0 Å². The highest BCUT2D eigenvalue weighted by atomic mass is 79.9. The van der Waals surface area contributed by atoms with Gasteiger partial charge in [0.1, 0.15) is 0 Å². The van der Waals surface area contributed by atoms with Gasteiger partial charge in [0.2, 0.25) is 5.91 Å². The Morgan fingerprint density at radius 1 is 1.29 bits per heavy atom. The van der Waals surface area contributed by atoms with Gasteiger partial charge in [-0.15, -0.1) is 0 Å². The van der Waals surface area contributed by atoms with Crippen molar-refractivity contribution in [3.05, 3.63) is 28.2 Å². The highest BCUT2D eigenvalue weighted by Gasteiger charge is 2.32. The molecule has 0 bridgehead atoms. The number of carbonyl (C=O) groups excluding carboxylic acids is 1. The molecule has 0 atom stereocenters. The van der Waals surface area contributed by atoms with E-state index in [0.29, 0.717) is 29.5 Å². The summed E-state index contributed by atoms with van der Waals surface area (Å²) in [5.41, 5.74) is -0.447. The molecule has 1 fully saturated rings. The van der Waals surface area contributed by atoms with Crippen LogP contribution in [-0.2, 0) is 11.0 Å². The zero-order valence-corrected chi connectivity index (χ0v) is 10.3. The molecule has 1 aromatic carbocycles. The largest absolute Gasteiger partial charge is 0.416 e. The molecule has 0 spiro atoms. The van der Waals surface area contributed by atoms with Crippen LogP contribution in [0.1, 0.15) is 18.4 Å². The molecule has 0 unspecified atom stereocenters. The summed E-state index contributed by atoms with van der Waals surface area (Å²) in [6, 6.07) is 3.32. The topological polar surface area (TPSA) is 20.3 Å². The van der Waals surface area contributed by atoms with E-state index in [1.54, 1.807) is 0 Å². The first kappa shape index (κ1) is 12.4. The maximum atomic E-state index is 12.6. The second-order valence-electron chi connectivity index (χ2n) is 3.81. The summed E-state index contributed by atoms with van der Waals surface area (Å²) in [7, 11) is 0. The molecule has 1 saturated heterocycles. The minimum atomic E-state index is -4.39. The molecule has 2 rings (SSSR count). The summed E-state index contributed by atoms with van der Waals surface area (Å²) >= 11 is 3.17. The Labute approximate surface area is 105 Å². The predicted molar refractivity (Wildman–Crippen MR) is 60.7 cm³/mol. The third-order valence-electron chi connectivity index (χ3n) is 2.64. The van der Waals surface area contributed by atoms with E-state index >= 15 is 0 Å². The van der Waals surface area contributed by atoms with Gasteiger partial charge in [-0.3, -0.25) is 4.79 Å². The first-order valence-corrected chi connectivity index (χ1v) is 5.86. The van der Waals surface area contributed by atoms with E-state index in [2.05, 4.69) is 15.9 Å². The van der Waals surface area contributed by atoms with Crippen molar-refractivity contribution in [1.82, 2.24) is 0 Å². The molecule has 1 aromatic rings. The number of rotatable bonds is 1. The number of nitrogens with zero attached hydrogens (tertiary/aromatic N) is 1. The molecule has 0 saturated carbocycles. The van der Waals surface area contributed by atoms with Crippen LogP contribution in [0.25, 0.3) is 0 Å². The maximum Gasteiger partial charge on any atom is 0.416 e. The molecule has 0 radical (unpaired) electrons. The zero-order valence-electron chi connectivity index (χ0n) is 8.72. The molecule has 1 amide bonds. The molecule has 1 aliphatic heterocycles. The van der Waals surface area contributed by atoms with Crippen LogP contribution in [0, 0.1) is 0 Å². The van der Waals surface area contributed by atoms with Gasteiger partial charge in [0.05, 0.1) is 11.3 Å². The average Bonchev–Trinajstić information content (AvgIpc) is 2.63. The van der Waals surface area contributed by atoms with E-state index in [9.17, 15) is 18.0 Å². The van der Waals surface area contributed by atoms with E-state index in [0.717, 1.165) is 12.1 Å². The molecule has 0 aromatic heterocycles. The molecule has 0 aliphatic carbocycles.